The lowest BCUT2D eigenvalue weighted by Crippen LogP contribution is -2.44. The molecule has 0 aromatic carbocycles. The number of rotatable bonds is 0. The summed E-state index contributed by atoms with van der Waals surface area (Å²) in [6.45, 7) is 0. The Morgan fingerprint density at radius 2 is 1.77 bits per heavy atom. The molecule has 2 fully saturated rings. The minimum atomic E-state index is -0.135. The average molecular weight is 204 g/mol. The molecule has 0 heterocycles. The Morgan fingerprint density at radius 3 is 2.54 bits per heavy atom. The molecule has 2 aliphatic carbocycles. The molecule has 3 atom stereocenters. The Hall–Kier alpha value is -0.0800. The van der Waals surface area contributed by atoms with E-state index in [9.17, 15) is 4.79 Å². The maximum Gasteiger partial charge on any atom is 0.152 e. The molecule has 2 aliphatic rings. The molecule has 0 radical (unpaired) electrons. The number of fused-ring (bicyclic) bond motifs is 1. The molecule has 0 aliphatic heterocycles. The van der Waals surface area contributed by atoms with Crippen molar-refractivity contribution in [3.8, 4) is 0 Å². The quantitative estimate of drug-likeness (QED) is 0.654. The van der Waals surface area contributed by atoms with E-state index in [0.29, 0.717) is 17.6 Å². The summed E-state index contributed by atoms with van der Waals surface area (Å²) in [6.07, 6.45) is 7.06. The Kier molecular flexibility index (Phi) is 3.74. The molecule has 0 spiro atoms. The van der Waals surface area contributed by atoms with E-state index in [2.05, 4.69) is 0 Å². The minimum Gasteiger partial charge on any atom is -0.321 e. The molecule has 0 aromatic heterocycles. The van der Waals surface area contributed by atoms with Crippen molar-refractivity contribution < 1.29 is 4.79 Å². The molecule has 3 heteroatoms. The zero-order valence-corrected chi connectivity index (χ0v) is 8.69. The van der Waals surface area contributed by atoms with Crippen LogP contribution in [0.3, 0.4) is 0 Å². The topological polar surface area (TPSA) is 43.1 Å². The molecule has 2 rings (SSSR count). The second-order valence-electron chi connectivity index (χ2n) is 4.24. The van der Waals surface area contributed by atoms with E-state index >= 15 is 0 Å². The van der Waals surface area contributed by atoms with Gasteiger partial charge in [-0.25, -0.2) is 0 Å². The van der Waals surface area contributed by atoms with Crippen LogP contribution in [0.1, 0.15) is 38.5 Å². The van der Waals surface area contributed by atoms with Gasteiger partial charge in [0.25, 0.3) is 0 Å². The highest BCUT2D eigenvalue weighted by Gasteiger charge is 2.37. The third-order valence-corrected chi connectivity index (χ3v) is 3.49. The fourth-order valence-electron chi connectivity index (χ4n) is 2.74. The van der Waals surface area contributed by atoms with Crippen molar-refractivity contribution in [2.24, 2.45) is 17.6 Å². The van der Waals surface area contributed by atoms with Gasteiger partial charge in [-0.1, -0.05) is 12.8 Å². The number of ketones is 1. The standard InChI is InChI=1S/C10H17NO.ClH/c11-9-6-5-7-3-1-2-4-8(7)10(9)12;/h7-9H,1-6,11H2;1H. The van der Waals surface area contributed by atoms with Crippen LogP contribution in [-0.4, -0.2) is 11.8 Å². The van der Waals surface area contributed by atoms with Crippen LogP contribution in [-0.2, 0) is 4.79 Å². The van der Waals surface area contributed by atoms with Gasteiger partial charge in [0.05, 0.1) is 6.04 Å². The zero-order chi connectivity index (χ0) is 8.55. The van der Waals surface area contributed by atoms with Crippen molar-refractivity contribution in [1.29, 1.82) is 0 Å². The summed E-state index contributed by atoms with van der Waals surface area (Å²) in [5, 5.41) is 0. The largest absolute Gasteiger partial charge is 0.321 e. The van der Waals surface area contributed by atoms with Crippen molar-refractivity contribution in [2.75, 3.05) is 0 Å². The number of hydrogen-bond donors (Lipinski definition) is 1. The molecule has 0 amide bonds. The minimum absolute atomic E-state index is 0. The number of nitrogens with two attached hydrogens (primary N) is 1. The number of carbonyl (C=O) groups is 1. The van der Waals surface area contributed by atoms with E-state index < -0.39 is 0 Å². The van der Waals surface area contributed by atoms with Gasteiger partial charge in [0.15, 0.2) is 5.78 Å². The van der Waals surface area contributed by atoms with Crippen LogP contribution >= 0.6 is 12.4 Å². The number of hydrogen-bond acceptors (Lipinski definition) is 2. The summed E-state index contributed by atoms with van der Waals surface area (Å²) in [6, 6.07) is -0.135. The van der Waals surface area contributed by atoms with Crippen molar-refractivity contribution in [2.45, 2.75) is 44.6 Å². The normalized spacial score (nSPS) is 39.2. The Balaban J connectivity index is 0.000000845. The molecule has 0 saturated heterocycles. The SMILES string of the molecule is Cl.NC1CCC2CCCCC2C1=O. The molecule has 2 nitrogen and oxygen atoms in total. The van der Waals surface area contributed by atoms with E-state index in [1.165, 1.54) is 25.7 Å². The van der Waals surface area contributed by atoms with Gasteiger partial charge >= 0.3 is 0 Å². The van der Waals surface area contributed by atoms with E-state index in [0.717, 1.165) is 12.8 Å². The maximum absolute atomic E-state index is 11.6. The highest BCUT2D eigenvalue weighted by molar-refractivity contribution is 5.87. The predicted octanol–water partition coefficient (Wildman–Crippen LogP) is 1.90. The van der Waals surface area contributed by atoms with Crippen LogP contribution in [0, 0.1) is 11.8 Å². The van der Waals surface area contributed by atoms with E-state index in [1.807, 2.05) is 0 Å². The molecule has 2 N–H and O–H groups in total. The van der Waals surface area contributed by atoms with Gasteiger partial charge < -0.3 is 5.73 Å². The summed E-state index contributed by atoms with van der Waals surface area (Å²) >= 11 is 0. The zero-order valence-electron chi connectivity index (χ0n) is 7.87. The van der Waals surface area contributed by atoms with Crippen molar-refractivity contribution in [1.82, 2.24) is 0 Å². The molecular formula is C10H18ClNO. The molecule has 13 heavy (non-hydrogen) atoms. The van der Waals surface area contributed by atoms with Gasteiger partial charge in [-0.3, -0.25) is 4.79 Å². The predicted molar refractivity (Wildman–Crippen MR) is 54.9 cm³/mol. The third-order valence-electron chi connectivity index (χ3n) is 3.49. The Bertz CT molecular complexity index is 195. The van der Waals surface area contributed by atoms with Crippen molar-refractivity contribution >= 4 is 18.2 Å². The molecule has 0 bridgehead atoms. The summed E-state index contributed by atoms with van der Waals surface area (Å²) in [5.74, 6) is 1.37. The lowest BCUT2D eigenvalue weighted by molar-refractivity contribution is -0.129. The van der Waals surface area contributed by atoms with Crippen LogP contribution in [0.5, 0.6) is 0 Å². The average Bonchev–Trinajstić information content (AvgIpc) is 2.12. The Morgan fingerprint density at radius 1 is 1.08 bits per heavy atom. The van der Waals surface area contributed by atoms with Crippen LogP contribution in [0.2, 0.25) is 0 Å². The smallest absolute Gasteiger partial charge is 0.152 e. The Labute approximate surface area is 85.7 Å². The second kappa shape index (κ2) is 4.43. The molecular weight excluding hydrogens is 186 g/mol. The van der Waals surface area contributed by atoms with Gasteiger partial charge in [-0.15, -0.1) is 12.4 Å². The lowest BCUT2D eigenvalue weighted by Gasteiger charge is -2.36. The van der Waals surface area contributed by atoms with Gasteiger partial charge in [0, 0.05) is 5.92 Å². The van der Waals surface area contributed by atoms with Gasteiger partial charge in [-0.2, -0.15) is 0 Å². The molecule has 2 saturated carbocycles. The first-order valence-electron chi connectivity index (χ1n) is 5.08. The summed E-state index contributed by atoms with van der Waals surface area (Å²) < 4.78 is 0. The summed E-state index contributed by atoms with van der Waals surface area (Å²) in [5.41, 5.74) is 5.74. The maximum atomic E-state index is 11.6. The number of Topliss-reactive ketones (excluding diaryl/α,β-unsaturated/α-hetero) is 1. The molecule has 0 aromatic rings. The first-order chi connectivity index (χ1) is 5.79. The number of halogens is 1. The second-order valence-corrected chi connectivity index (χ2v) is 4.24. The molecule has 76 valence electrons. The van der Waals surface area contributed by atoms with E-state index in [1.54, 1.807) is 0 Å². The monoisotopic (exact) mass is 203 g/mol. The van der Waals surface area contributed by atoms with Crippen LogP contribution < -0.4 is 5.73 Å². The summed E-state index contributed by atoms with van der Waals surface area (Å²) in [4.78, 5) is 11.6. The fourth-order valence-corrected chi connectivity index (χ4v) is 2.74. The third kappa shape index (κ3) is 2.05. The van der Waals surface area contributed by atoms with Crippen molar-refractivity contribution in [3.05, 3.63) is 0 Å². The van der Waals surface area contributed by atoms with E-state index in [4.69, 9.17) is 5.73 Å². The number of carbonyl (C=O) groups excluding carboxylic acids is 1. The first kappa shape index (κ1) is 11.0. The highest BCUT2D eigenvalue weighted by Crippen LogP contribution is 2.37. The fraction of sp³-hybridized carbons (Fsp3) is 0.900. The van der Waals surface area contributed by atoms with Gasteiger partial charge in [0.2, 0.25) is 0 Å². The van der Waals surface area contributed by atoms with E-state index in [-0.39, 0.29) is 18.4 Å². The highest BCUT2D eigenvalue weighted by atomic mass is 35.5. The van der Waals surface area contributed by atoms with Gasteiger partial charge in [-0.05, 0) is 31.6 Å². The van der Waals surface area contributed by atoms with Crippen LogP contribution in [0.25, 0.3) is 0 Å². The van der Waals surface area contributed by atoms with Crippen LogP contribution in [0.4, 0.5) is 0 Å². The lowest BCUT2D eigenvalue weighted by atomic mass is 9.69. The summed E-state index contributed by atoms with van der Waals surface area (Å²) in [7, 11) is 0. The first-order valence-corrected chi connectivity index (χ1v) is 5.08. The van der Waals surface area contributed by atoms with Crippen molar-refractivity contribution in [3.63, 3.8) is 0 Å². The molecule has 3 unspecified atom stereocenters. The van der Waals surface area contributed by atoms with Crippen LogP contribution in [0.15, 0.2) is 0 Å². The van der Waals surface area contributed by atoms with Gasteiger partial charge in [0.1, 0.15) is 0 Å².